The highest BCUT2D eigenvalue weighted by molar-refractivity contribution is 9.10. The molecule has 86 valence electrons. The lowest BCUT2D eigenvalue weighted by Crippen LogP contribution is -1.94. The van der Waals surface area contributed by atoms with Crippen LogP contribution in [0, 0.1) is 13.5 Å². The van der Waals surface area contributed by atoms with Gasteiger partial charge >= 0.3 is 0 Å². The monoisotopic (exact) mass is 309 g/mol. The van der Waals surface area contributed by atoms with Crippen molar-refractivity contribution in [3.63, 3.8) is 0 Å². The van der Waals surface area contributed by atoms with Crippen LogP contribution in [0.5, 0.6) is 0 Å². The third-order valence-electron chi connectivity index (χ3n) is 2.47. The molecule has 17 heavy (non-hydrogen) atoms. The van der Waals surface area contributed by atoms with Gasteiger partial charge in [0.15, 0.2) is 0 Å². The molecule has 0 spiro atoms. The van der Waals surface area contributed by atoms with E-state index in [4.69, 9.17) is 18.2 Å². The van der Waals surface area contributed by atoms with Gasteiger partial charge in [-0.25, -0.2) is 4.85 Å². The number of nitrogens with zero attached hydrogens (tertiary/aromatic N) is 3. The first kappa shape index (κ1) is 12.2. The second kappa shape index (κ2) is 4.52. The first-order chi connectivity index (χ1) is 8.04. The predicted molar refractivity (Wildman–Crippen MR) is 72.4 cm³/mol. The van der Waals surface area contributed by atoms with Crippen LogP contribution < -0.4 is 0 Å². The van der Waals surface area contributed by atoms with E-state index in [1.807, 2.05) is 20.0 Å². The van der Waals surface area contributed by atoms with Crippen molar-refractivity contribution < 1.29 is 0 Å². The number of halogens is 2. The molecule has 0 saturated carbocycles. The highest BCUT2D eigenvalue weighted by atomic mass is 79.9. The summed E-state index contributed by atoms with van der Waals surface area (Å²) in [6.07, 6.45) is 1.71. The number of hydrogen-bond donors (Lipinski definition) is 0. The van der Waals surface area contributed by atoms with Crippen LogP contribution in [0.3, 0.4) is 0 Å². The van der Waals surface area contributed by atoms with Gasteiger partial charge in [0.25, 0.3) is 0 Å². The summed E-state index contributed by atoms with van der Waals surface area (Å²) in [6, 6.07) is 3.74. The van der Waals surface area contributed by atoms with E-state index in [0.29, 0.717) is 10.7 Å². The Balaban J connectivity index is 2.80. The van der Waals surface area contributed by atoms with Crippen LogP contribution in [0.4, 0.5) is 5.69 Å². The lowest BCUT2D eigenvalue weighted by Gasteiger charge is -2.09. The van der Waals surface area contributed by atoms with Crippen molar-refractivity contribution in [2.45, 2.75) is 6.92 Å². The van der Waals surface area contributed by atoms with Crippen molar-refractivity contribution in [1.82, 2.24) is 9.78 Å². The van der Waals surface area contributed by atoms with E-state index < -0.39 is 0 Å². The molecule has 0 aliphatic carbocycles. The smallest absolute Gasteiger partial charge is 0.214 e. The lowest BCUT2D eigenvalue weighted by atomic mass is 10.1. The van der Waals surface area contributed by atoms with E-state index in [1.165, 1.54) is 0 Å². The van der Waals surface area contributed by atoms with Gasteiger partial charge in [0, 0.05) is 17.6 Å². The molecule has 0 aliphatic heterocycles. The summed E-state index contributed by atoms with van der Waals surface area (Å²) < 4.78 is 2.58. The molecule has 0 unspecified atom stereocenters. The summed E-state index contributed by atoms with van der Waals surface area (Å²) in [5, 5.41) is 4.63. The maximum Gasteiger partial charge on any atom is 0.214 e. The van der Waals surface area contributed by atoms with Crippen molar-refractivity contribution in [2.24, 2.45) is 7.05 Å². The van der Waals surface area contributed by atoms with Gasteiger partial charge in [0.2, 0.25) is 5.69 Å². The fraction of sp³-hybridized carbons (Fsp3) is 0.167. The lowest BCUT2D eigenvalue weighted by molar-refractivity contribution is 0.776. The van der Waals surface area contributed by atoms with E-state index in [9.17, 15) is 0 Å². The normalized spacial score (nSPS) is 10.3. The highest BCUT2D eigenvalue weighted by Crippen LogP contribution is 2.40. The molecule has 1 aromatic heterocycles. The van der Waals surface area contributed by atoms with Crippen LogP contribution >= 0.6 is 27.5 Å². The molecule has 0 bridgehead atoms. The molecular formula is C12H9BrClN3. The van der Waals surface area contributed by atoms with Gasteiger partial charge < -0.3 is 0 Å². The number of hydrogen-bond acceptors (Lipinski definition) is 1. The molecule has 2 rings (SSSR count). The Kier molecular flexibility index (Phi) is 3.23. The van der Waals surface area contributed by atoms with Crippen molar-refractivity contribution in [3.05, 3.63) is 44.8 Å². The third-order valence-corrected chi connectivity index (χ3v) is 3.34. The predicted octanol–water partition coefficient (Wildman–Crippen LogP) is 4.36. The molecular weight excluding hydrogens is 302 g/mol. The minimum atomic E-state index is 0.460. The van der Waals surface area contributed by atoms with Crippen LogP contribution in [-0.4, -0.2) is 9.78 Å². The van der Waals surface area contributed by atoms with Crippen LogP contribution in [-0.2, 0) is 7.05 Å². The Morgan fingerprint density at radius 1 is 1.47 bits per heavy atom. The second-order valence-corrected chi connectivity index (χ2v) is 4.98. The Hall–Kier alpha value is -1.31. The average molecular weight is 311 g/mol. The first-order valence-electron chi connectivity index (χ1n) is 4.90. The zero-order chi connectivity index (χ0) is 12.6. The first-order valence-corrected chi connectivity index (χ1v) is 6.07. The quantitative estimate of drug-likeness (QED) is 0.717. The SMILES string of the molecule is [C-]#[N+]c1c(Cl)cc(C)cc1-c1c(Br)cnn1C. The zero-order valence-corrected chi connectivity index (χ0v) is 11.7. The van der Waals surface area contributed by atoms with Crippen molar-refractivity contribution in [2.75, 3.05) is 0 Å². The number of rotatable bonds is 1. The molecule has 0 aliphatic rings. The van der Waals surface area contributed by atoms with Gasteiger partial charge in [0.05, 0.1) is 22.9 Å². The van der Waals surface area contributed by atoms with E-state index in [0.717, 1.165) is 21.3 Å². The molecule has 1 aromatic carbocycles. The summed E-state index contributed by atoms with van der Waals surface area (Å²) in [5.74, 6) is 0. The van der Waals surface area contributed by atoms with E-state index in [-0.39, 0.29) is 0 Å². The van der Waals surface area contributed by atoms with Crippen molar-refractivity contribution in [3.8, 4) is 11.3 Å². The van der Waals surface area contributed by atoms with Gasteiger partial charge in [-0.05, 0) is 22.9 Å². The Labute approximate surface area is 113 Å². The Morgan fingerprint density at radius 2 is 2.18 bits per heavy atom. The molecule has 0 fully saturated rings. The van der Waals surface area contributed by atoms with Crippen LogP contribution in [0.2, 0.25) is 5.02 Å². The van der Waals surface area contributed by atoms with Gasteiger partial charge in [-0.15, -0.1) is 0 Å². The zero-order valence-electron chi connectivity index (χ0n) is 9.33. The summed E-state index contributed by atoms with van der Waals surface area (Å²) in [7, 11) is 1.84. The van der Waals surface area contributed by atoms with Crippen LogP contribution in [0.15, 0.2) is 22.8 Å². The second-order valence-electron chi connectivity index (χ2n) is 3.72. The molecule has 0 amide bonds. The molecule has 0 radical (unpaired) electrons. The highest BCUT2D eigenvalue weighted by Gasteiger charge is 2.16. The van der Waals surface area contributed by atoms with Gasteiger partial charge in [-0.3, -0.25) is 4.68 Å². The standard InChI is InChI=1S/C12H9BrClN3/c1-7-4-8(11(15-2)10(14)5-7)12-9(13)6-16-17(12)3/h4-6H,1,3H3. The molecule has 5 heteroatoms. The molecule has 0 N–H and O–H groups in total. The van der Waals surface area contributed by atoms with Gasteiger partial charge in [-0.2, -0.15) is 5.10 Å². The van der Waals surface area contributed by atoms with Gasteiger partial charge in [0.1, 0.15) is 0 Å². The molecule has 2 aromatic rings. The summed E-state index contributed by atoms with van der Waals surface area (Å²) in [4.78, 5) is 3.51. The maximum absolute atomic E-state index is 7.23. The number of aryl methyl sites for hydroxylation is 2. The van der Waals surface area contributed by atoms with E-state index in [1.54, 1.807) is 16.9 Å². The fourth-order valence-corrected chi connectivity index (χ4v) is 2.62. The largest absolute Gasteiger partial charge is 0.268 e. The van der Waals surface area contributed by atoms with Crippen molar-refractivity contribution in [1.29, 1.82) is 0 Å². The third kappa shape index (κ3) is 2.08. The van der Waals surface area contributed by atoms with Crippen molar-refractivity contribution >= 4 is 33.2 Å². The van der Waals surface area contributed by atoms with Crippen LogP contribution in [0.25, 0.3) is 16.1 Å². The maximum atomic E-state index is 7.23. The Morgan fingerprint density at radius 3 is 2.71 bits per heavy atom. The summed E-state index contributed by atoms with van der Waals surface area (Å²) >= 11 is 9.53. The van der Waals surface area contributed by atoms with Gasteiger partial charge in [-0.1, -0.05) is 29.3 Å². The average Bonchev–Trinajstić information content (AvgIpc) is 2.57. The molecule has 0 atom stereocenters. The number of aromatic nitrogens is 2. The number of benzene rings is 1. The van der Waals surface area contributed by atoms with E-state index in [2.05, 4.69) is 25.9 Å². The summed E-state index contributed by atoms with van der Waals surface area (Å²) in [5.41, 5.74) is 3.14. The van der Waals surface area contributed by atoms with Crippen LogP contribution in [0.1, 0.15) is 5.56 Å². The molecule has 3 nitrogen and oxygen atoms in total. The fourth-order valence-electron chi connectivity index (χ4n) is 1.74. The molecule has 0 saturated heterocycles. The van der Waals surface area contributed by atoms with E-state index >= 15 is 0 Å². The Bertz CT molecular complexity index is 606. The molecule has 1 heterocycles. The topological polar surface area (TPSA) is 22.2 Å². The minimum Gasteiger partial charge on any atom is -0.268 e. The minimum absolute atomic E-state index is 0.460. The summed E-state index contributed by atoms with van der Waals surface area (Å²) in [6.45, 7) is 9.19.